The summed E-state index contributed by atoms with van der Waals surface area (Å²) in [6.07, 6.45) is 7.64. The first-order valence-electron chi connectivity index (χ1n) is 11.7. The first-order chi connectivity index (χ1) is 18.0. The average molecular weight is 485 g/mol. The second-order valence-electron chi connectivity index (χ2n) is 8.74. The number of aromatic hydroxyl groups is 1. The number of hydrogen-bond donors (Lipinski definition) is 3. The van der Waals surface area contributed by atoms with E-state index in [2.05, 4.69) is 10.3 Å². The Kier molecular flexibility index (Phi) is 5.27. The molecule has 6 heteroatoms. The number of aromatic amines is 1. The number of allylic oxidation sites excluding steroid dienone is 4. The summed E-state index contributed by atoms with van der Waals surface area (Å²) in [5.74, 6) is -0.939. The van der Waals surface area contributed by atoms with E-state index >= 15 is 0 Å². The summed E-state index contributed by atoms with van der Waals surface area (Å²) >= 11 is 0. The molecule has 0 radical (unpaired) electrons. The molecule has 2 heterocycles. The first-order valence-corrected chi connectivity index (χ1v) is 11.7. The topological polar surface area (TPSA) is 99.3 Å². The van der Waals surface area contributed by atoms with Gasteiger partial charge in [-0.05, 0) is 35.1 Å². The molecule has 5 aromatic rings. The number of carbonyl (C=O) groups excluding carboxylic acids is 2. The lowest BCUT2D eigenvalue weighted by Gasteiger charge is -2.19. The van der Waals surface area contributed by atoms with Gasteiger partial charge in [-0.3, -0.25) is 14.4 Å². The Morgan fingerprint density at radius 1 is 0.703 bits per heavy atom. The molecule has 0 bridgehead atoms. The highest BCUT2D eigenvalue weighted by atomic mass is 16.3. The summed E-state index contributed by atoms with van der Waals surface area (Å²) in [6, 6.07) is 22.4. The van der Waals surface area contributed by atoms with Crippen molar-refractivity contribution < 1.29 is 14.7 Å². The molecular formula is C31H20N2O4. The number of amides is 1. The van der Waals surface area contributed by atoms with Crippen LogP contribution in [0.1, 0.15) is 15.9 Å². The van der Waals surface area contributed by atoms with Crippen molar-refractivity contribution >= 4 is 55.9 Å². The zero-order chi connectivity index (χ0) is 25.5. The molecule has 0 fully saturated rings. The minimum atomic E-state index is -0.474. The highest BCUT2D eigenvalue weighted by Gasteiger charge is 2.29. The third-order valence-corrected chi connectivity index (χ3v) is 6.57. The summed E-state index contributed by atoms with van der Waals surface area (Å²) in [5, 5.41) is 17.7. The highest BCUT2D eigenvalue weighted by Crippen LogP contribution is 2.33. The number of carbonyl (C=O) groups is 2. The van der Waals surface area contributed by atoms with Crippen molar-refractivity contribution in [3.8, 4) is 5.75 Å². The third kappa shape index (κ3) is 3.72. The van der Waals surface area contributed by atoms with Gasteiger partial charge in [-0.15, -0.1) is 0 Å². The predicted molar refractivity (Wildman–Crippen MR) is 147 cm³/mol. The van der Waals surface area contributed by atoms with Crippen LogP contribution in [0.2, 0.25) is 0 Å². The number of H-pyrrole nitrogens is 1. The van der Waals surface area contributed by atoms with Crippen molar-refractivity contribution in [2.24, 2.45) is 0 Å². The summed E-state index contributed by atoms with van der Waals surface area (Å²) < 4.78 is 0. The fourth-order valence-electron chi connectivity index (χ4n) is 4.74. The van der Waals surface area contributed by atoms with Gasteiger partial charge in [0.25, 0.3) is 11.5 Å². The van der Waals surface area contributed by atoms with Crippen LogP contribution in [0.4, 0.5) is 5.69 Å². The SMILES string of the molecule is O=C1Nc2c(ccc3ccccc23)C(=O)/C1=C/C=CC=Cc1c(O)c2ccc3ccccc3c2[nH]c1=O. The number of fused-ring (bicyclic) bond motifs is 6. The van der Waals surface area contributed by atoms with Crippen LogP contribution in [0.3, 0.4) is 0 Å². The molecule has 1 aliphatic rings. The Balaban J connectivity index is 1.29. The number of ketones is 1. The van der Waals surface area contributed by atoms with Crippen molar-refractivity contribution in [3.05, 3.63) is 124 Å². The van der Waals surface area contributed by atoms with Crippen LogP contribution in [0.25, 0.3) is 38.5 Å². The molecule has 0 unspecified atom stereocenters. The van der Waals surface area contributed by atoms with Gasteiger partial charge in [0.2, 0.25) is 5.78 Å². The van der Waals surface area contributed by atoms with Gasteiger partial charge in [0.05, 0.1) is 22.3 Å². The maximum atomic E-state index is 13.0. The van der Waals surface area contributed by atoms with Gasteiger partial charge in [0.1, 0.15) is 5.75 Å². The molecule has 0 atom stereocenters. The maximum Gasteiger partial charge on any atom is 0.259 e. The van der Waals surface area contributed by atoms with Crippen LogP contribution in [-0.4, -0.2) is 21.8 Å². The van der Waals surface area contributed by atoms with Gasteiger partial charge in [-0.25, -0.2) is 0 Å². The molecule has 0 spiro atoms. The van der Waals surface area contributed by atoms with Crippen molar-refractivity contribution in [2.75, 3.05) is 5.32 Å². The summed E-state index contributed by atoms with van der Waals surface area (Å²) in [6.45, 7) is 0. The van der Waals surface area contributed by atoms with Gasteiger partial charge < -0.3 is 15.4 Å². The van der Waals surface area contributed by atoms with Crippen LogP contribution in [0.15, 0.2) is 107 Å². The van der Waals surface area contributed by atoms with E-state index in [1.54, 1.807) is 30.4 Å². The molecule has 4 aromatic carbocycles. The van der Waals surface area contributed by atoms with Crippen molar-refractivity contribution in [1.29, 1.82) is 0 Å². The van der Waals surface area contributed by atoms with E-state index in [-0.39, 0.29) is 22.7 Å². The second kappa shape index (κ2) is 8.77. The molecule has 0 aliphatic carbocycles. The fourth-order valence-corrected chi connectivity index (χ4v) is 4.74. The molecule has 6 rings (SSSR count). The summed E-state index contributed by atoms with van der Waals surface area (Å²) in [5.41, 5.74) is 1.25. The highest BCUT2D eigenvalue weighted by molar-refractivity contribution is 6.36. The van der Waals surface area contributed by atoms with Crippen LogP contribution in [0.5, 0.6) is 5.75 Å². The Hall–Kier alpha value is -5.23. The van der Waals surface area contributed by atoms with Gasteiger partial charge in [-0.1, -0.05) is 78.9 Å². The molecule has 1 amide bonds. The number of Topliss-reactive ketones (excluding diaryl/α,β-unsaturated/α-hetero) is 1. The Labute approximate surface area is 210 Å². The molecule has 1 aliphatic heterocycles. The molecule has 6 nitrogen and oxygen atoms in total. The lowest BCUT2D eigenvalue weighted by atomic mass is 9.93. The van der Waals surface area contributed by atoms with E-state index in [9.17, 15) is 19.5 Å². The predicted octanol–water partition coefficient (Wildman–Crippen LogP) is 5.87. The van der Waals surface area contributed by atoms with Crippen LogP contribution in [-0.2, 0) is 4.79 Å². The molecular weight excluding hydrogens is 464 g/mol. The number of pyridine rings is 1. The summed E-state index contributed by atoms with van der Waals surface area (Å²) in [7, 11) is 0. The average Bonchev–Trinajstić information content (AvgIpc) is 2.91. The second-order valence-corrected chi connectivity index (χ2v) is 8.74. The lowest BCUT2D eigenvalue weighted by molar-refractivity contribution is -0.112. The molecule has 178 valence electrons. The maximum absolute atomic E-state index is 13.0. The zero-order valence-corrected chi connectivity index (χ0v) is 19.5. The Morgan fingerprint density at radius 3 is 2.22 bits per heavy atom. The van der Waals surface area contributed by atoms with Crippen LogP contribution >= 0.6 is 0 Å². The van der Waals surface area contributed by atoms with E-state index < -0.39 is 11.5 Å². The number of benzene rings is 4. The lowest BCUT2D eigenvalue weighted by Crippen LogP contribution is -2.27. The molecule has 0 saturated carbocycles. The quantitative estimate of drug-likeness (QED) is 0.129. The number of aromatic nitrogens is 1. The number of hydrogen-bond acceptors (Lipinski definition) is 4. The molecule has 3 N–H and O–H groups in total. The van der Waals surface area contributed by atoms with E-state index in [0.29, 0.717) is 22.2 Å². The van der Waals surface area contributed by atoms with E-state index in [1.807, 2.05) is 60.7 Å². The van der Waals surface area contributed by atoms with E-state index in [0.717, 1.165) is 21.5 Å². The summed E-state index contributed by atoms with van der Waals surface area (Å²) in [4.78, 5) is 41.2. The number of nitrogens with one attached hydrogen (secondary N) is 2. The number of anilines is 1. The Morgan fingerprint density at radius 2 is 1.41 bits per heavy atom. The van der Waals surface area contributed by atoms with E-state index in [4.69, 9.17) is 0 Å². The minimum absolute atomic E-state index is 0.0192. The van der Waals surface area contributed by atoms with Gasteiger partial charge >= 0.3 is 0 Å². The minimum Gasteiger partial charge on any atom is -0.506 e. The van der Waals surface area contributed by atoms with Gasteiger partial charge in [0, 0.05) is 21.7 Å². The molecule has 37 heavy (non-hydrogen) atoms. The fraction of sp³-hybridized carbons (Fsp3) is 0. The smallest absolute Gasteiger partial charge is 0.259 e. The monoisotopic (exact) mass is 484 g/mol. The molecule has 0 saturated heterocycles. The normalized spacial score (nSPS) is 14.9. The van der Waals surface area contributed by atoms with Crippen LogP contribution in [0, 0.1) is 0 Å². The first kappa shape index (κ1) is 22.2. The number of rotatable bonds is 3. The van der Waals surface area contributed by atoms with Gasteiger partial charge in [-0.2, -0.15) is 0 Å². The third-order valence-electron chi connectivity index (χ3n) is 6.57. The largest absolute Gasteiger partial charge is 0.506 e. The van der Waals surface area contributed by atoms with Crippen molar-refractivity contribution in [2.45, 2.75) is 0 Å². The van der Waals surface area contributed by atoms with Crippen molar-refractivity contribution in [1.82, 2.24) is 4.98 Å². The molecule has 1 aromatic heterocycles. The Bertz CT molecular complexity index is 1930. The van der Waals surface area contributed by atoms with Crippen LogP contribution < -0.4 is 10.9 Å². The zero-order valence-electron chi connectivity index (χ0n) is 19.5. The van der Waals surface area contributed by atoms with Gasteiger partial charge in [0.15, 0.2) is 0 Å². The van der Waals surface area contributed by atoms with E-state index in [1.165, 1.54) is 12.2 Å². The van der Waals surface area contributed by atoms with Crippen molar-refractivity contribution in [3.63, 3.8) is 0 Å². The standard InChI is InChI=1S/C31H20N2O4/c34-28-22-16-14-18-8-4-6-10-20(18)26(22)32-30(36)24(28)12-2-1-3-13-25-29(35)23-17-15-19-9-5-7-11-21(19)27(23)33-31(25)37/h1-17H,(H,32,36)(H2,33,35,37)/b2-1?,13-3?,24-12-.